The van der Waals surface area contributed by atoms with Gasteiger partial charge in [-0.25, -0.2) is 0 Å². The molecule has 1 fully saturated rings. The van der Waals surface area contributed by atoms with Crippen LogP contribution in [0.1, 0.15) is 40.0 Å². The van der Waals surface area contributed by atoms with Crippen LogP contribution in [0.4, 0.5) is 10.8 Å². The van der Waals surface area contributed by atoms with Gasteiger partial charge in [0.25, 0.3) is 0 Å². The van der Waals surface area contributed by atoms with Crippen LogP contribution in [0.3, 0.4) is 0 Å². The van der Waals surface area contributed by atoms with Gasteiger partial charge in [0.2, 0.25) is 0 Å². The van der Waals surface area contributed by atoms with Crippen LogP contribution in [-0.4, -0.2) is 17.0 Å². The van der Waals surface area contributed by atoms with Gasteiger partial charge in [-0.05, 0) is 50.1 Å². The highest BCUT2D eigenvalue weighted by Gasteiger charge is 2.22. The fourth-order valence-corrected chi connectivity index (χ4v) is 3.16. The molecule has 0 spiro atoms. The molecule has 2 unspecified atom stereocenters. The summed E-state index contributed by atoms with van der Waals surface area (Å²) in [5.74, 6) is 2.86. The van der Waals surface area contributed by atoms with Crippen LogP contribution in [0.2, 0.25) is 0 Å². The third-order valence-electron chi connectivity index (χ3n) is 3.38. The zero-order valence-electron chi connectivity index (χ0n) is 11.4. The average molecular weight is 269 g/mol. The van der Waals surface area contributed by atoms with Gasteiger partial charge in [0.15, 0.2) is 16.6 Å². The van der Waals surface area contributed by atoms with E-state index >= 15 is 0 Å². The van der Waals surface area contributed by atoms with Gasteiger partial charge in [-0.3, -0.25) is 0 Å². The maximum Gasteiger partial charge on any atom is 0.197 e. The quantitative estimate of drug-likeness (QED) is 0.860. The number of aromatic nitrogens is 1. The molecule has 1 aliphatic carbocycles. The van der Waals surface area contributed by atoms with Crippen molar-refractivity contribution in [2.45, 2.75) is 46.1 Å². The number of nitrogen functional groups attached to an aromatic ring is 1. The molecule has 2 rings (SSSR count). The fraction of sp³-hybridized carbons (Fsp3) is 0.769. The molecule has 0 amide bonds. The van der Waals surface area contributed by atoms with Crippen molar-refractivity contribution in [3.8, 4) is 5.75 Å². The Balaban J connectivity index is 1.92. The van der Waals surface area contributed by atoms with E-state index in [1.807, 2.05) is 13.8 Å². The molecule has 1 aromatic heterocycles. The minimum atomic E-state index is 0.121. The van der Waals surface area contributed by atoms with E-state index in [0.29, 0.717) is 5.82 Å². The summed E-state index contributed by atoms with van der Waals surface area (Å²) in [6.45, 7) is 7.33. The summed E-state index contributed by atoms with van der Waals surface area (Å²) in [6.07, 6.45) is 4.12. The van der Waals surface area contributed by atoms with Crippen LogP contribution in [0.5, 0.6) is 5.75 Å². The Morgan fingerprint density at radius 3 is 2.89 bits per heavy atom. The lowest BCUT2D eigenvalue weighted by Gasteiger charge is -2.14. The monoisotopic (exact) mass is 269 g/mol. The number of nitrogens with two attached hydrogens (primary N) is 1. The van der Waals surface area contributed by atoms with Crippen LogP contribution >= 0.6 is 11.5 Å². The van der Waals surface area contributed by atoms with E-state index in [9.17, 15) is 0 Å². The molecule has 1 aromatic rings. The molecule has 5 heteroatoms. The van der Waals surface area contributed by atoms with Crippen molar-refractivity contribution < 1.29 is 4.74 Å². The lowest BCUT2D eigenvalue weighted by molar-refractivity contribution is 0.245. The van der Waals surface area contributed by atoms with E-state index in [1.54, 1.807) is 0 Å². The maximum atomic E-state index is 5.83. The van der Waals surface area contributed by atoms with Crippen molar-refractivity contribution in [2.75, 3.05) is 17.6 Å². The van der Waals surface area contributed by atoms with Gasteiger partial charge in [0.1, 0.15) is 0 Å². The van der Waals surface area contributed by atoms with Gasteiger partial charge in [0, 0.05) is 6.54 Å². The second-order valence-electron chi connectivity index (χ2n) is 5.56. The summed E-state index contributed by atoms with van der Waals surface area (Å²) in [4.78, 5) is 0. The van der Waals surface area contributed by atoms with Crippen LogP contribution in [-0.2, 0) is 0 Å². The first-order valence-corrected chi connectivity index (χ1v) is 7.49. The normalized spacial score (nSPS) is 23.6. The molecular weight excluding hydrogens is 246 g/mol. The van der Waals surface area contributed by atoms with Crippen molar-refractivity contribution in [3.63, 3.8) is 0 Å². The van der Waals surface area contributed by atoms with E-state index in [-0.39, 0.29) is 6.10 Å². The average Bonchev–Trinajstić information content (AvgIpc) is 2.85. The highest BCUT2D eigenvalue weighted by atomic mass is 32.1. The summed E-state index contributed by atoms with van der Waals surface area (Å²) in [7, 11) is 0. The second kappa shape index (κ2) is 5.78. The highest BCUT2D eigenvalue weighted by molar-refractivity contribution is 7.11. The minimum Gasteiger partial charge on any atom is -0.484 e. The Hall–Kier alpha value is -0.970. The second-order valence-corrected chi connectivity index (χ2v) is 6.33. The summed E-state index contributed by atoms with van der Waals surface area (Å²) in [5, 5.41) is 4.43. The van der Waals surface area contributed by atoms with Crippen molar-refractivity contribution in [1.29, 1.82) is 0 Å². The van der Waals surface area contributed by atoms with E-state index in [4.69, 9.17) is 10.5 Å². The molecule has 0 saturated heterocycles. The SMILES string of the molecule is CC1CCC(CNc2snc(N)c2OC(C)C)C1. The molecule has 0 aliphatic heterocycles. The molecule has 3 N–H and O–H groups in total. The van der Waals surface area contributed by atoms with Crippen molar-refractivity contribution in [1.82, 2.24) is 4.37 Å². The molecule has 102 valence electrons. The van der Waals surface area contributed by atoms with Gasteiger partial charge in [-0.15, -0.1) is 0 Å². The lowest BCUT2D eigenvalue weighted by Crippen LogP contribution is -2.13. The Kier molecular flexibility index (Phi) is 4.32. The Labute approximate surface area is 113 Å². The van der Waals surface area contributed by atoms with Crippen LogP contribution in [0.15, 0.2) is 0 Å². The van der Waals surface area contributed by atoms with Gasteiger partial charge in [0.05, 0.1) is 6.10 Å². The van der Waals surface area contributed by atoms with Gasteiger partial charge in [-0.1, -0.05) is 13.3 Å². The minimum absolute atomic E-state index is 0.121. The molecular formula is C13H23N3OS. The van der Waals surface area contributed by atoms with Crippen molar-refractivity contribution in [3.05, 3.63) is 0 Å². The summed E-state index contributed by atoms with van der Waals surface area (Å²) in [5.41, 5.74) is 5.83. The van der Waals surface area contributed by atoms with E-state index in [2.05, 4.69) is 16.6 Å². The maximum absolute atomic E-state index is 5.83. The first kappa shape index (κ1) is 13.5. The van der Waals surface area contributed by atoms with Gasteiger partial charge < -0.3 is 15.8 Å². The third kappa shape index (κ3) is 3.28. The number of rotatable bonds is 5. The number of nitrogens with zero attached hydrogens (tertiary/aromatic N) is 1. The molecule has 0 aromatic carbocycles. The van der Waals surface area contributed by atoms with Crippen LogP contribution in [0, 0.1) is 11.8 Å². The predicted octanol–water partition coefficient (Wildman–Crippen LogP) is 3.36. The first-order chi connectivity index (χ1) is 8.56. The third-order valence-corrected chi connectivity index (χ3v) is 4.18. The molecule has 1 heterocycles. The van der Waals surface area contributed by atoms with E-state index in [1.165, 1.54) is 30.8 Å². The molecule has 2 atom stereocenters. The first-order valence-electron chi connectivity index (χ1n) is 6.72. The number of anilines is 2. The summed E-state index contributed by atoms with van der Waals surface area (Å²) in [6, 6.07) is 0. The molecule has 1 saturated carbocycles. The lowest BCUT2D eigenvalue weighted by atomic mass is 10.1. The molecule has 0 radical (unpaired) electrons. The van der Waals surface area contributed by atoms with Crippen molar-refractivity contribution in [2.24, 2.45) is 11.8 Å². The number of hydrogen-bond donors (Lipinski definition) is 2. The smallest absolute Gasteiger partial charge is 0.197 e. The molecule has 0 bridgehead atoms. The zero-order chi connectivity index (χ0) is 13.1. The topological polar surface area (TPSA) is 60.2 Å². The summed E-state index contributed by atoms with van der Waals surface area (Å²) < 4.78 is 9.87. The van der Waals surface area contributed by atoms with Crippen LogP contribution < -0.4 is 15.8 Å². The molecule has 1 aliphatic rings. The number of hydrogen-bond acceptors (Lipinski definition) is 5. The van der Waals surface area contributed by atoms with E-state index in [0.717, 1.165) is 29.1 Å². The zero-order valence-corrected chi connectivity index (χ0v) is 12.2. The Morgan fingerprint density at radius 1 is 1.50 bits per heavy atom. The predicted molar refractivity (Wildman–Crippen MR) is 77.3 cm³/mol. The molecule has 18 heavy (non-hydrogen) atoms. The Morgan fingerprint density at radius 2 is 2.28 bits per heavy atom. The van der Waals surface area contributed by atoms with Gasteiger partial charge >= 0.3 is 0 Å². The van der Waals surface area contributed by atoms with E-state index < -0.39 is 0 Å². The molecule has 4 nitrogen and oxygen atoms in total. The van der Waals surface area contributed by atoms with Gasteiger partial charge in [-0.2, -0.15) is 4.37 Å². The Bertz CT molecular complexity index is 392. The largest absolute Gasteiger partial charge is 0.484 e. The fourth-order valence-electron chi connectivity index (χ4n) is 2.50. The number of nitrogens with one attached hydrogen (secondary N) is 1. The number of ether oxygens (including phenoxy) is 1. The van der Waals surface area contributed by atoms with Crippen LogP contribution in [0.25, 0.3) is 0 Å². The standard InChI is InChI=1S/C13H23N3OS/c1-8(2)17-11-12(14)16-18-13(11)15-7-10-5-4-9(3)6-10/h8-10,15H,4-7H2,1-3H3,(H2,14,16). The summed E-state index contributed by atoms with van der Waals surface area (Å²) >= 11 is 1.39. The highest BCUT2D eigenvalue weighted by Crippen LogP contribution is 2.37. The van der Waals surface area contributed by atoms with Crippen molar-refractivity contribution >= 4 is 22.4 Å².